The van der Waals surface area contributed by atoms with Crippen LogP contribution in [0, 0.1) is 5.41 Å². The number of nitrogen functional groups attached to an aromatic ring is 1. The first-order valence-electron chi connectivity index (χ1n) is 9.29. The molecule has 7 heteroatoms. The predicted molar refractivity (Wildman–Crippen MR) is 115 cm³/mol. The number of nitrogens with one attached hydrogen (secondary N) is 1. The van der Waals surface area contributed by atoms with E-state index >= 15 is 0 Å². The van der Waals surface area contributed by atoms with Gasteiger partial charge in [0.1, 0.15) is 18.2 Å². The first-order valence-corrected chi connectivity index (χ1v) is 9.66. The molecule has 1 aliphatic heterocycles. The molecular formula is C22H20BClN2O3. The Kier molecular flexibility index (Phi) is 5.58. The average Bonchev–Trinajstić information content (AvgIpc) is 2.73. The summed E-state index contributed by atoms with van der Waals surface area (Å²) < 4.78 is 11.8. The molecule has 4 rings (SSSR count). The molecular weight excluding hydrogens is 387 g/mol. The van der Waals surface area contributed by atoms with E-state index in [0.29, 0.717) is 22.8 Å². The van der Waals surface area contributed by atoms with Gasteiger partial charge in [-0.25, -0.2) is 0 Å². The number of hydrogen-bond acceptors (Lipinski definition) is 4. The van der Waals surface area contributed by atoms with Crippen molar-refractivity contribution in [2.75, 3.05) is 0 Å². The summed E-state index contributed by atoms with van der Waals surface area (Å²) in [6.45, 7) is 0.250. The summed E-state index contributed by atoms with van der Waals surface area (Å²) >= 11 is 6.22. The van der Waals surface area contributed by atoms with Gasteiger partial charge in [0.25, 0.3) is 0 Å². The summed E-state index contributed by atoms with van der Waals surface area (Å²) in [6.07, 6.45) is 0.305. The summed E-state index contributed by atoms with van der Waals surface area (Å²) in [5.74, 6) is 0.396. The van der Waals surface area contributed by atoms with Gasteiger partial charge in [-0.3, -0.25) is 5.41 Å². The second-order valence-electron chi connectivity index (χ2n) is 6.93. The zero-order valence-electron chi connectivity index (χ0n) is 15.6. The Morgan fingerprint density at radius 2 is 1.93 bits per heavy atom. The second-order valence-corrected chi connectivity index (χ2v) is 7.34. The standard InChI is InChI=1S/C22H20BClN2O3/c24-19-8-4-2-6-16(19)13-28-21-12-15(9-10-17(21)22(25)26)20-11-14-5-1-3-7-18(14)23(27)29-20/h1-10,12,20,27H,11,13H2,(H3,25,26). The molecule has 0 radical (unpaired) electrons. The number of nitrogens with two attached hydrogens (primary N) is 1. The molecule has 3 aromatic rings. The molecule has 0 amide bonds. The Hall–Kier alpha value is -2.80. The minimum absolute atomic E-state index is 0.0827. The van der Waals surface area contributed by atoms with Gasteiger partial charge >= 0.3 is 7.12 Å². The van der Waals surface area contributed by atoms with Gasteiger partial charge in [-0.15, -0.1) is 0 Å². The van der Waals surface area contributed by atoms with Crippen molar-refractivity contribution in [3.8, 4) is 5.75 Å². The number of benzene rings is 3. The molecule has 0 aromatic heterocycles. The van der Waals surface area contributed by atoms with E-state index in [-0.39, 0.29) is 18.5 Å². The summed E-state index contributed by atoms with van der Waals surface area (Å²) in [6, 6.07) is 20.5. The maximum atomic E-state index is 10.4. The van der Waals surface area contributed by atoms with E-state index in [4.69, 9.17) is 32.1 Å². The van der Waals surface area contributed by atoms with Crippen LogP contribution in [-0.4, -0.2) is 18.0 Å². The van der Waals surface area contributed by atoms with Crippen LogP contribution in [0.25, 0.3) is 0 Å². The lowest BCUT2D eigenvalue weighted by Gasteiger charge is -2.28. The molecule has 29 heavy (non-hydrogen) atoms. The van der Waals surface area contributed by atoms with Gasteiger partial charge in [-0.1, -0.05) is 60.1 Å². The topological polar surface area (TPSA) is 88.6 Å². The molecule has 1 aliphatic rings. The van der Waals surface area contributed by atoms with Gasteiger partial charge in [0.15, 0.2) is 0 Å². The number of halogens is 1. The Balaban J connectivity index is 1.62. The molecule has 5 nitrogen and oxygen atoms in total. The van der Waals surface area contributed by atoms with Crippen LogP contribution in [0.3, 0.4) is 0 Å². The fraction of sp³-hybridized carbons (Fsp3) is 0.136. The molecule has 0 aliphatic carbocycles. The Morgan fingerprint density at radius 1 is 1.17 bits per heavy atom. The third-order valence-corrected chi connectivity index (χ3v) is 5.40. The van der Waals surface area contributed by atoms with E-state index in [0.717, 1.165) is 22.2 Å². The van der Waals surface area contributed by atoms with Crippen LogP contribution >= 0.6 is 11.6 Å². The van der Waals surface area contributed by atoms with E-state index in [9.17, 15) is 5.02 Å². The molecule has 0 fully saturated rings. The first kappa shape index (κ1) is 19.5. The second kappa shape index (κ2) is 8.29. The Labute approximate surface area is 174 Å². The molecule has 146 valence electrons. The van der Waals surface area contributed by atoms with Crippen LogP contribution in [0.2, 0.25) is 5.02 Å². The lowest BCUT2D eigenvalue weighted by Crippen LogP contribution is -2.42. The van der Waals surface area contributed by atoms with Crippen molar-refractivity contribution in [1.29, 1.82) is 5.41 Å². The number of rotatable bonds is 5. The minimum atomic E-state index is -0.982. The fourth-order valence-corrected chi connectivity index (χ4v) is 3.68. The number of amidine groups is 1. The Bertz CT molecular complexity index is 1060. The molecule has 1 unspecified atom stereocenters. The molecule has 0 saturated carbocycles. The molecule has 3 aromatic carbocycles. The van der Waals surface area contributed by atoms with Gasteiger partial charge in [0.2, 0.25) is 0 Å². The van der Waals surface area contributed by atoms with E-state index in [2.05, 4.69) is 0 Å². The molecule has 0 spiro atoms. The summed E-state index contributed by atoms with van der Waals surface area (Å²) in [7, 11) is -0.982. The van der Waals surface area contributed by atoms with Crippen molar-refractivity contribution in [2.45, 2.75) is 19.1 Å². The molecule has 0 bridgehead atoms. The number of fused-ring (bicyclic) bond motifs is 1. The predicted octanol–water partition coefficient (Wildman–Crippen LogP) is 3.20. The molecule has 0 saturated heterocycles. The van der Waals surface area contributed by atoms with E-state index in [1.807, 2.05) is 54.6 Å². The van der Waals surface area contributed by atoms with Crippen LogP contribution < -0.4 is 15.9 Å². The van der Waals surface area contributed by atoms with Gasteiger partial charge in [0.05, 0.1) is 11.7 Å². The van der Waals surface area contributed by atoms with E-state index < -0.39 is 7.12 Å². The molecule has 1 heterocycles. The normalized spacial score (nSPS) is 15.7. The van der Waals surface area contributed by atoms with Crippen molar-refractivity contribution in [1.82, 2.24) is 0 Å². The van der Waals surface area contributed by atoms with Crippen LogP contribution in [0.1, 0.15) is 28.4 Å². The first-order chi connectivity index (χ1) is 14.0. The highest BCUT2D eigenvalue weighted by molar-refractivity contribution is 6.60. The van der Waals surface area contributed by atoms with Crippen LogP contribution in [0.5, 0.6) is 5.75 Å². The van der Waals surface area contributed by atoms with Crippen molar-refractivity contribution in [3.05, 3.63) is 94.0 Å². The summed E-state index contributed by atoms with van der Waals surface area (Å²) in [5, 5.41) is 18.8. The summed E-state index contributed by atoms with van der Waals surface area (Å²) in [5.41, 5.74) is 9.75. The average molecular weight is 407 g/mol. The lowest BCUT2D eigenvalue weighted by atomic mass is 9.71. The van der Waals surface area contributed by atoms with Crippen LogP contribution in [0.15, 0.2) is 66.7 Å². The lowest BCUT2D eigenvalue weighted by molar-refractivity contribution is 0.167. The zero-order chi connectivity index (χ0) is 20.4. The number of ether oxygens (including phenoxy) is 1. The zero-order valence-corrected chi connectivity index (χ0v) is 16.4. The van der Waals surface area contributed by atoms with Crippen molar-refractivity contribution in [3.63, 3.8) is 0 Å². The fourth-order valence-electron chi connectivity index (χ4n) is 3.49. The summed E-state index contributed by atoms with van der Waals surface area (Å²) in [4.78, 5) is 0. The van der Waals surface area contributed by atoms with E-state index in [1.54, 1.807) is 12.1 Å². The number of hydrogen-bond donors (Lipinski definition) is 3. The van der Waals surface area contributed by atoms with Crippen molar-refractivity contribution >= 4 is 30.0 Å². The Morgan fingerprint density at radius 3 is 2.72 bits per heavy atom. The largest absolute Gasteiger partial charge is 0.491 e. The third-order valence-electron chi connectivity index (χ3n) is 5.03. The maximum Gasteiger partial charge on any atom is 0.491 e. The third kappa shape index (κ3) is 4.15. The van der Waals surface area contributed by atoms with Gasteiger partial charge < -0.3 is 20.1 Å². The molecule has 1 atom stereocenters. The highest BCUT2D eigenvalue weighted by atomic mass is 35.5. The van der Waals surface area contributed by atoms with Gasteiger partial charge in [0, 0.05) is 17.0 Å². The van der Waals surface area contributed by atoms with Gasteiger partial charge in [-0.2, -0.15) is 0 Å². The minimum Gasteiger partial charge on any atom is -0.488 e. The van der Waals surface area contributed by atoms with Gasteiger partial charge in [-0.05, 0) is 34.8 Å². The quantitative estimate of drug-likeness (QED) is 0.345. The van der Waals surface area contributed by atoms with Crippen LogP contribution in [0.4, 0.5) is 0 Å². The van der Waals surface area contributed by atoms with Crippen molar-refractivity contribution < 1.29 is 14.4 Å². The molecule has 4 N–H and O–H groups in total. The van der Waals surface area contributed by atoms with Crippen LogP contribution in [-0.2, 0) is 17.7 Å². The highest BCUT2D eigenvalue weighted by Gasteiger charge is 2.31. The highest BCUT2D eigenvalue weighted by Crippen LogP contribution is 2.31. The van der Waals surface area contributed by atoms with E-state index in [1.165, 1.54) is 0 Å². The smallest absolute Gasteiger partial charge is 0.488 e. The van der Waals surface area contributed by atoms with Crippen molar-refractivity contribution in [2.24, 2.45) is 5.73 Å². The monoisotopic (exact) mass is 406 g/mol. The SMILES string of the molecule is N=C(N)c1ccc(C2Cc3ccccc3B(O)O2)cc1OCc1ccccc1Cl. The maximum absolute atomic E-state index is 10.4.